The number of hydrogen-bond acceptors (Lipinski definition) is 2. The first-order valence-corrected chi connectivity index (χ1v) is 16.7. The first-order chi connectivity index (χ1) is 21.7. The third kappa shape index (κ3) is 4.35. The zero-order valence-electron chi connectivity index (χ0n) is 26.6. The molecule has 0 bridgehead atoms. The van der Waals surface area contributed by atoms with Crippen molar-refractivity contribution in [3.8, 4) is 22.3 Å². The summed E-state index contributed by atoms with van der Waals surface area (Å²) in [4.78, 5) is 2.52. The monoisotopic (exact) mass is 599 g/mol. The molecule has 0 N–H and O–H groups in total. The van der Waals surface area contributed by atoms with Crippen LogP contribution in [0.15, 0.2) is 133 Å². The Morgan fingerprint density at radius 2 is 1.16 bits per heavy atom. The Hall–Kier alpha value is -4.66. The summed E-state index contributed by atoms with van der Waals surface area (Å²) < 4.78 is 2.65. The molecule has 1 aliphatic rings. The first-order valence-electron chi connectivity index (χ1n) is 15.9. The van der Waals surface area contributed by atoms with Crippen molar-refractivity contribution in [1.29, 1.82) is 0 Å². The van der Waals surface area contributed by atoms with Gasteiger partial charge in [-0.05, 0) is 75.2 Å². The molecule has 0 amide bonds. The van der Waals surface area contributed by atoms with Gasteiger partial charge in [0.05, 0.1) is 5.69 Å². The van der Waals surface area contributed by atoms with Crippen molar-refractivity contribution in [2.24, 2.45) is 0 Å². The van der Waals surface area contributed by atoms with Gasteiger partial charge in [0.1, 0.15) is 0 Å². The molecular weight excluding hydrogens is 563 g/mol. The minimum atomic E-state index is -0.0855. The van der Waals surface area contributed by atoms with Gasteiger partial charge in [-0.1, -0.05) is 132 Å². The Morgan fingerprint density at radius 1 is 0.533 bits per heavy atom. The average Bonchev–Trinajstić information content (AvgIpc) is 3.54. The summed E-state index contributed by atoms with van der Waals surface area (Å²) in [5.41, 5.74) is 12.7. The second kappa shape index (κ2) is 10.2. The molecule has 1 heterocycles. The maximum Gasteiger partial charge on any atom is 0.0540 e. The van der Waals surface area contributed by atoms with Crippen molar-refractivity contribution in [3.63, 3.8) is 0 Å². The van der Waals surface area contributed by atoms with Crippen LogP contribution >= 0.6 is 11.3 Å². The third-order valence-corrected chi connectivity index (χ3v) is 10.8. The lowest BCUT2D eigenvalue weighted by Crippen LogP contribution is -2.20. The highest BCUT2D eigenvalue weighted by Crippen LogP contribution is 2.52. The molecule has 1 aliphatic carbocycles. The number of nitrogens with zero attached hydrogens (tertiary/aromatic N) is 1. The fourth-order valence-corrected chi connectivity index (χ4v) is 8.57. The van der Waals surface area contributed by atoms with Crippen LogP contribution in [0.3, 0.4) is 0 Å². The summed E-state index contributed by atoms with van der Waals surface area (Å²) in [5.74, 6) is 0. The quantitative estimate of drug-likeness (QED) is 0.194. The summed E-state index contributed by atoms with van der Waals surface area (Å²) in [6.45, 7) is 11.7. The van der Waals surface area contributed by atoms with Gasteiger partial charge < -0.3 is 4.90 Å². The lowest BCUT2D eigenvalue weighted by atomic mass is 9.82. The van der Waals surface area contributed by atoms with Crippen LogP contribution in [-0.4, -0.2) is 0 Å². The van der Waals surface area contributed by atoms with Gasteiger partial charge in [0.15, 0.2) is 0 Å². The molecule has 220 valence electrons. The normalized spacial score (nSPS) is 13.6. The summed E-state index contributed by atoms with van der Waals surface area (Å²) in [5, 5.41) is 2.65. The largest absolute Gasteiger partial charge is 0.310 e. The molecule has 0 saturated heterocycles. The minimum Gasteiger partial charge on any atom is -0.310 e. The van der Waals surface area contributed by atoms with Gasteiger partial charge in [0.2, 0.25) is 0 Å². The van der Waals surface area contributed by atoms with E-state index < -0.39 is 0 Å². The number of rotatable bonds is 4. The molecule has 2 heteroatoms. The second-order valence-electron chi connectivity index (χ2n) is 13.8. The Kier molecular flexibility index (Phi) is 6.31. The Bertz CT molecular complexity index is 2240. The van der Waals surface area contributed by atoms with E-state index in [-0.39, 0.29) is 10.8 Å². The molecule has 6 aromatic carbocycles. The van der Waals surface area contributed by atoms with Crippen LogP contribution in [0, 0.1) is 0 Å². The molecule has 0 aliphatic heterocycles. The van der Waals surface area contributed by atoms with Gasteiger partial charge in [-0.2, -0.15) is 0 Å². The van der Waals surface area contributed by atoms with E-state index >= 15 is 0 Å². The van der Waals surface area contributed by atoms with Crippen LogP contribution in [0.5, 0.6) is 0 Å². The van der Waals surface area contributed by atoms with Crippen molar-refractivity contribution in [3.05, 3.63) is 150 Å². The SMILES string of the molecule is CC(C)(C)c1ccccc1N(c1ccc2c(c1)C(C)(C)c1ccccc1-2)c1ccccc1-c1cccc2sc3ccccc3c12. The third-order valence-electron chi connectivity index (χ3n) is 9.62. The molecule has 7 aromatic rings. The van der Waals surface area contributed by atoms with Crippen LogP contribution in [0.1, 0.15) is 51.3 Å². The van der Waals surface area contributed by atoms with E-state index in [1.165, 1.54) is 76.2 Å². The minimum absolute atomic E-state index is 0.0421. The molecule has 0 saturated carbocycles. The fourth-order valence-electron chi connectivity index (χ4n) is 7.44. The van der Waals surface area contributed by atoms with Gasteiger partial charge in [0.25, 0.3) is 0 Å². The molecular formula is C43H37NS. The van der Waals surface area contributed by atoms with Gasteiger partial charge in [0, 0.05) is 42.5 Å². The highest BCUT2D eigenvalue weighted by Gasteiger charge is 2.36. The smallest absolute Gasteiger partial charge is 0.0540 e. The Balaban J connectivity index is 1.42. The molecule has 8 rings (SSSR count). The van der Waals surface area contributed by atoms with E-state index in [0.29, 0.717) is 0 Å². The van der Waals surface area contributed by atoms with Gasteiger partial charge in [-0.15, -0.1) is 11.3 Å². The summed E-state index contributed by atoms with van der Waals surface area (Å²) in [7, 11) is 0. The predicted octanol–water partition coefficient (Wildman–Crippen LogP) is 12.8. The van der Waals surface area contributed by atoms with E-state index in [0.717, 1.165) is 0 Å². The first kappa shape index (κ1) is 27.9. The van der Waals surface area contributed by atoms with E-state index in [1.807, 2.05) is 11.3 Å². The topological polar surface area (TPSA) is 3.24 Å². The molecule has 0 spiro atoms. The maximum absolute atomic E-state index is 2.52. The number of para-hydroxylation sites is 2. The van der Waals surface area contributed by atoms with Crippen molar-refractivity contribution in [2.45, 2.75) is 45.4 Å². The standard InChI is InChI=1S/C43H37NS/c1-42(2,3)35-20-10-12-22-38(35)44(28-25-26-30-29-15-6-9-19-34(29)43(4,5)36(30)27-28)37-21-11-7-16-31(37)32-18-14-24-40-41(32)33-17-8-13-23-39(33)45-40/h6-27H,1-5H3. The Labute approximate surface area is 270 Å². The number of anilines is 3. The summed E-state index contributed by atoms with van der Waals surface area (Å²) in [6, 6.07) is 49.5. The average molecular weight is 600 g/mol. The second-order valence-corrected chi connectivity index (χ2v) is 14.9. The zero-order chi connectivity index (χ0) is 30.9. The molecule has 0 unspecified atom stereocenters. The van der Waals surface area contributed by atoms with Crippen LogP contribution in [0.4, 0.5) is 17.1 Å². The van der Waals surface area contributed by atoms with Crippen molar-refractivity contribution in [2.75, 3.05) is 4.90 Å². The van der Waals surface area contributed by atoms with Crippen LogP contribution in [-0.2, 0) is 10.8 Å². The molecule has 0 atom stereocenters. The van der Waals surface area contributed by atoms with Crippen LogP contribution < -0.4 is 4.90 Å². The molecule has 0 radical (unpaired) electrons. The zero-order valence-corrected chi connectivity index (χ0v) is 27.4. The van der Waals surface area contributed by atoms with Crippen molar-refractivity contribution < 1.29 is 0 Å². The van der Waals surface area contributed by atoms with Gasteiger partial charge in [-0.25, -0.2) is 0 Å². The predicted molar refractivity (Wildman–Crippen MR) is 196 cm³/mol. The Morgan fingerprint density at radius 3 is 1.98 bits per heavy atom. The number of fused-ring (bicyclic) bond motifs is 6. The highest BCUT2D eigenvalue weighted by atomic mass is 32.1. The lowest BCUT2D eigenvalue weighted by molar-refractivity contribution is 0.591. The molecule has 45 heavy (non-hydrogen) atoms. The number of thiophene rings is 1. The lowest BCUT2D eigenvalue weighted by Gasteiger charge is -2.34. The molecule has 1 aromatic heterocycles. The van der Waals surface area contributed by atoms with E-state index in [1.54, 1.807) is 0 Å². The van der Waals surface area contributed by atoms with Gasteiger partial charge in [-0.3, -0.25) is 0 Å². The number of hydrogen-bond donors (Lipinski definition) is 0. The molecule has 0 fully saturated rings. The summed E-state index contributed by atoms with van der Waals surface area (Å²) >= 11 is 1.88. The van der Waals surface area contributed by atoms with Crippen LogP contribution in [0.25, 0.3) is 42.4 Å². The van der Waals surface area contributed by atoms with Crippen molar-refractivity contribution in [1.82, 2.24) is 0 Å². The maximum atomic E-state index is 2.52. The van der Waals surface area contributed by atoms with E-state index in [9.17, 15) is 0 Å². The van der Waals surface area contributed by atoms with E-state index in [2.05, 4.69) is 173 Å². The van der Waals surface area contributed by atoms with Crippen LogP contribution in [0.2, 0.25) is 0 Å². The fraction of sp³-hybridized carbons (Fsp3) is 0.163. The number of benzene rings is 6. The molecule has 1 nitrogen and oxygen atoms in total. The van der Waals surface area contributed by atoms with Crippen molar-refractivity contribution >= 4 is 48.6 Å². The summed E-state index contributed by atoms with van der Waals surface area (Å²) in [6.07, 6.45) is 0. The van der Waals surface area contributed by atoms with E-state index in [4.69, 9.17) is 0 Å². The highest BCUT2D eigenvalue weighted by molar-refractivity contribution is 7.25. The van der Waals surface area contributed by atoms with Gasteiger partial charge >= 0.3 is 0 Å².